The molecule has 6 rings (SSSR count). The van der Waals surface area contributed by atoms with Crippen LogP contribution in [-0.4, -0.2) is 58.2 Å². The topological polar surface area (TPSA) is 135 Å². The smallest absolute Gasteiger partial charge is 0.334 e. The van der Waals surface area contributed by atoms with Gasteiger partial charge >= 0.3 is 6.03 Å². The van der Waals surface area contributed by atoms with E-state index in [1.807, 2.05) is 19.1 Å². The van der Waals surface area contributed by atoms with Crippen LogP contribution < -0.4 is 19.7 Å². The Morgan fingerprint density at radius 2 is 1.94 bits per heavy atom. The van der Waals surface area contributed by atoms with E-state index in [2.05, 4.69) is 47.5 Å². The number of urea groups is 1. The highest BCUT2D eigenvalue weighted by Crippen LogP contribution is 2.42. The average molecular weight is 707 g/mol. The van der Waals surface area contributed by atoms with Crippen LogP contribution in [0.4, 0.5) is 16.4 Å². The van der Waals surface area contributed by atoms with Crippen LogP contribution in [0.2, 0.25) is 5.02 Å². The third-order valence-electron chi connectivity index (χ3n) is 9.45. The lowest BCUT2D eigenvalue weighted by molar-refractivity contribution is 0.0133. The summed E-state index contributed by atoms with van der Waals surface area (Å²) in [5.41, 5.74) is 3.38. The first-order valence-corrected chi connectivity index (χ1v) is 18.9. The molecule has 1 aromatic heterocycles. The van der Waals surface area contributed by atoms with Crippen LogP contribution in [0.3, 0.4) is 0 Å². The van der Waals surface area contributed by atoms with Crippen molar-refractivity contribution in [1.29, 1.82) is 0 Å². The molecule has 1 aliphatic carbocycles. The number of anilines is 2. The zero-order chi connectivity index (χ0) is 34.4. The fraction of sp³-hybridized carbons (Fsp3) is 0.444. The molecule has 3 heterocycles. The van der Waals surface area contributed by atoms with Crippen LogP contribution in [0, 0.1) is 17.8 Å². The molecule has 0 radical (unpaired) electrons. The van der Waals surface area contributed by atoms with Gasteiger partial charge in [-0.1, -0.05) is 36.7 Å². The van der Waals surface area contributed by atoms with Gasteiger partial charge in [0.05, 0.1) is 24.2 Å². The zero-order valence-corrected chi connectivity index (χ0v) is 29.4. The van der Waals surface area contributed by atoms with Crippen molar-refractivity contribution < 1.29 is 23.3 Å². The summed E-state index contributed by atoms with van der Waals surface area (Å²) in [6, 6.07) is 12.1. The number of aromatic nitrogens is 2. The quantitative estimate of drug-likeness (QED) is 0.283. The summed E-state index contributed by atoms with van der Waals surface area (Å²) in [7, 11) is -1.84. The van der Waals surface area contributed by atoms with Crippen molar-refractivity contribution in [3.8, 4) is 5.75 Å². The van der Waals surface area contributed by atoms with Gasteiger partial charge in [0, 0.05) is 43.2 Å². The van der Waals surface area contributed by atoms with Crippen LogP contribution in [0.1, 0.15) is 60.5 Å². The number of amides is 3. The average Bonchev–Trinajstić information content (AvgIpc) is 3.08. The lowest BCUT2D eigenvalue weighted by atomic mass is 9.70. The van der Waals surface area contributed by atoms with Crippen molar-refractivity contribution in [1.82, 2.24) is 14.7 Å². The zero-order valence-electron chi connectivity index (χ0n) is 27.8. The third-order valence-corrected chi connectivity index (χ3v) is 11.7. The number of allylic oxidation sites excluding steroid dienone is 1. The second-order valence-corrected chi connectivity index (χ2v) is 15.5. The molecule has 3 aromatic rings. The number of aryl methyl sites for hydroxylation is 1. The predicted octanol–water partition coefficient (Wildman–Crippen LogP) is 6.83. The maximum absolute atomic E-state index is 14.4. The Morgan fingerprint density at radius 3 is 2.71 bits per heavy atom. The molecule has 11 nitrogen and oxygen atoms in total. The van der Waals surface area contributed by atoms with Gasteiger partial charge in [-0.15, -0.1) is 4.36 Å². The highest BCUT2D eigenvalue weighted by atomic mass is 35.5. The number of carbonyl (C=O) groups is 2. The number of carbonyl (C=O) groups excluding carboxylic acids is 2. The Hall–Kier alpha value is -4.00. The molecule has 1 fully saturated rings. The summed E-state index contributed by atoms with van der Waals surface area (Å²) < 4.78 is 33.4. The largest absolute Gasteiger partial charge is 0.491 e. The summed E-state index contributed by atoms with van der Waals surface area (Å²) in [5, 5.41) is 3.19. The Labute approximate surface area is 293 Å². The highest BCUT2D eigenvalue weighted by molar-refractivity contribution is 7.92. The fourth-order valence-corrected chi connectivity index (χ4v) is 8.83. The van der Waals surface area contributed by atoms with Crippen molar-refractivity contribution in [2.24, 2.45) is 22.1 Å². The molecule has 3 amide bonds. The number of fused-ring (bicyclic) bond motifs is 3. The van der Waals surface area contributed by atoms with E-state index in [0.717, 1.165) is 44.3 Å². The van der Waals surface area contributed by atoms with Crippen LogP contribution in [-0.2, 0) is 27.6 Å². The first kappa shape index (κ1) is 34.8. The molecule has 5 atom stereocenters. The minimum atomic E-state index is -3.58. The van der Waals surface area contributed by atoms with Crippen LogP contribution in [0.15, 0.2) is 71.4 Å². The lowest BCUT2D eigenvalue weighted by Crippen LogP contribution is -2.43. The van der Waals surface area contributed by atoms with Crippen molar-refractivity contribution >= 4 is 45.1 Å². The number of nitrogens with zero attached hydrogens (tertiary/aromatic N) is 4. The molecule has 260 valence electrons. The molecule has 2 aromatic carbocycles. The molecule has 0 spiro atoms. The second-order valence-electron chi connectivity index (χ2n) is 13.1. The van der Waals surface area contributed by atoms with E-state index in [0.29, 0.717) is 42.2 Å². The SMILES string of the molecule is CO[C@H]1/C=C/C[C@H](C)CS(=O)(NC(=O)Nc2ncccn2)=NC(=O)c2ccc3c(c2)N(Cc2ccc(Cl)cc2CCCCO3)C[C@@H]2CC[C@H]21. The molecule has 2 N–H and O–H groups in total. The summed E-state index contributed by atoms with van der Waals surface area (Å²) in [6.07, 6.45) is 12.4. The van der Waals surface area contributed by atoms with Gasteiger partial charge in [-0.3, -0.25) is 10.1 Å². The summed E-state index contributed by atoms with van der Waals surface area (Å²) in [4.78, 5) is 37.2. The van der Waals surface area contributed by atoms with E-state index in [-0.39, 0.29) is 29.3 Å². The first-order chi connectivity index (χ1) is 23.7. The van der Waals surface area contributed by atoms with Crippen LogP contribution in [0.5, 0.6) is 5.75 Å². The van der Waals surface area contributed by atoms with Crippen LogP contribution in [0.25, 0.3) is 0 Å². The third kappa shape index (κ3) is 8.78. The minimum absolute atomic E-state index is 0.0338. The number of benzene rings is 2. The van der Waals surface area contributed by atoms with Crippen molar-refractivity contribution in [3.05, 3.63) is 88.7 Å². The molecule has 0 saturated heterocycles. The Morgan fingerprint density at radius 1 is 1.10 bits per heavy atom. The van der Waals surface area contributed by atoms with Crippen LogP contribution >= 0.6 is 11.6 Å². The molecule has 49 heavy (non-hydrogen) atoms. The van der Waals surface area contributed by atoms with Gasteiger partial charge in [0.1, 0.15) is 15.7 Å². The number of methoxy groups -OCH3 is 1. The number of hydrogen-bond donors (Lipinski definition) is 2. The summed E-state index contributed by atoms with van der Waals surface area (Å²) in [6.45, 7) is 3.75. The van der Waals surface area contributed by atoms with Crippen molar-refractivity contribution in [2.75, 3.05) is 36.2 Å². The van der Waals surface area contributed by atoms with E-state index in [4.69, 9.17) is 21.1 Å². The van der Waals surface area contributed by atoms with Gasteiger partial charge in [-0.05, 0) is 104 Å². The Kier molecular flexibility index (Phi) is 11.2. The van der Waals surface area contributed by atoms with E-state index >= 15 is 0 Å². The Bertz CT molecular complexity index is 1810. The second kappa shape index (κ2) is 15.7. The molecule has 1 unspecified atom stereocenters. The number of rotatable bonds is 3. The standard InChI is InChI=1S/C36H43ClN6O5S/c1-24-7-5-9-32(47-2)30-14-11-28(30)22-43-21-27-10-13-29(37)19-25(27)8-3-4-18-48-33-15-12-26(20-31(33)43)34(44)41-49(46,23-24)42-36(45)40-35-38-16-6-17-39-35/h5-6,9-10,12-13,15-17,19-20,24,28,30,32H,3-4,7-8,11,14,18,21-23H2,1-2H3,(H2,38,39,40,41,42,44,45,46)/b9-5+/t24-,28-,30+,32-,49?/m0/s1. The van der Waals surface area contributed by atoms with Gasteiger partial charge < -0.3 is 14.4 Å². The van der Waals surface area contributed by atoms with Crippen molar-refractivity contribution in [2.45, 2.75) is 58.1 Å². The molecule has 2 bridgehead atoms. The summed E-state index contributed by atoms with van der Waals surface area (Å²) >= 11 is 6.45. The van der Waals surface area contributed by atoms with E-state index in [9.17, 15) is 13.8 Å². The monoisotopic (exact) mass is 706 g/mol. The van der Waals surface area contributed by atoms with Gasteiger partial charge in [0.25, 0.3) is 5.91 Å². The molecule has 1 saturated carbocycles. The van der Waals surface area contributed by atoms with E-state index in [1.165, 1.54) is 23.5 Å². The maximum Gasteiger partial charge on any atom is 0.334 e. The Balaban J connectivity index is 1.42. The van der Waals surface area contributed by atoms with E-state index < -0.39 is 21.9 Å². The lowest BCUT2D eigenvalue weighted by Gasteiger charge is -2.43. The number of ether oxygens (including phenoxy) is 2. The normalized spacial score (nSPS) is 26.7. The molecule has 2 aliphatic heterocycles. The highest BCUT2D eigenvalue weighted by Gasteiger charge is 2.38. The van der Waals surface area contributed by atoms with Crippen molar-refractivity contribution in [3.63, 3.8) is 0 Å². The molecular formula is C36H43ClN6O5S. The van der Waals surface area contributed by atoms with E-state index in [1.54, 1.807) is 31.4 Å². The molecule has 3 aliphatic rings. The predicted molar refractivity (Wildman–Crippen MR) is 191 cm³/mol. The first-order valence-electron chi connectivity index (χ1n) is 16.8. The minimum Gasteiger partial charge on any atom is -0.491 e. The maximum atomic E-state index is 14.4. The fourth-order valence-electron chi connectivity index (χ4n) is 6.81. The van der Waals surface area contributed by atoms with Gasteiger partial charge in [0.15, 0.2) is 0 Å². The molecular weight excluding hydrogens is 664 g/mol. The molecule has 13 heteroatoms. The number of halogens is 1. The number of nitrogens with one attached hydrogen (secondary N) is 2. The summed E-state index contributed by atoms with van der Waals surface area (Å²) in [5.74, 6) is 0.451. The number of hydrogen-bond acceptors (Lipinski definition) is 8. The van der Waals surface area contributed by atoms with Gasteiger partial charge in [-0.2, -0.15) is 0 Å². The van der Waals surface area contributed by atoms with Gasteiger partial charge in [-0.25, -0.2) is 23.7 Å². The van der Waals surface area contributed by atoms with Gasteiger partial charge in [0.2, 0.25) is 5.95 Å².